The molecule has 3 rings (SSSR count). The second kappa shape index (κ2) is 3.76. The van der Waals surface area contributed by atoms with Crippen LogP contribution in [0.15, 0.2) is 24.3 Å². The minimum absolute atomic E-state index is 0.331. The highest BCUT2D eigenvalue weighted by Gasteiger charge is 2.21. The number of hydrogen-bond acceptors (Lipinski definition) is 4. The first kappa shape index (κ1) is 10.1. The second-order valence-corrected chi connectivity index (χ2v) is 4.46. The highest BCUT2D eigenvalue weighted by Crippen LogP contribution is 2.24. The molecule has 1 aliphatic rings. The number of nitrogen functional groups attached to an aromatic ring is 1. The van der Waals surface area contributed by atoms with E-state index < -0.39 is 0 Å². The van der Waals surface area contributed by atoms with E-state index in [1.807, 2.05) is 4.68 Å². The largest absolute Gasteiger partial charge is 0.366 e. The molecule has 3 N–H and O–H groups in total. The van der Waals surface area contributed by atoms with E-state index in [1.165, 1.54) is 11.1 Å². The van der Waals surface area contributed by atoms with Crippen LogP contribution in [0, 0.1) is 6.92 Å². The molecule has 0 fully saturated rings. The Morgan fingerprint density at radius 3 is 2.88 bits per heavy atom. The van der Waals surface area contributed by atoms with Crippen molar-refractivity contribution in [2.45, 2.75) is 19.4 Å². The Labute approximate surface area is 99.7 Å². The van der Waals surface area contributed by atoms with E-state index in [-0.39, 0.29) is 0 Å². The highest BCUT2D eigenvalue weighted by atomic mass is 15.4. The topological polar surface area (TPSA) is 68.8 Å². The summed E-state index contributed by atoms with van der Waals surface area (Å²) in [6, 6.07) is 8.63. The summed E-state index contributed by atoms with van der Waals surface area (Å²) in [6.07, 6.45) is 0. The predicted octanol–water partition coefficient (Wildman–Crippen LogP) is 1.38. The molecule has 0 saturated carbocycles. The standard InChI is InChI=1S/C12H15N5/c1-8-2-4-9(5-3-8)10-6-14-12-15-11(13)16-17(12)7-10/h2-5,10H,6-7H2,1H3,(H3,13,14,15,16). The molecule has 0 amide bonds. The first-order valence-corrected chi connectivity index (χ1v) is 5.73. The van der Waals surface area contributed by atoms with Gasteiger partial charge in [-0.15, -0.1) is 5.10 Å². The molecule has 5 heteroatoms. The quantitative estimate of drug-likeness (QED) is 0.775. The molecule has 1 atom stereocenters. The zero-order valence-electron chi connectivity index (χ0n) is 9.72. The van der Waals surface area contributed by atoms with E-state index >= 15 is 0 Å². The molecular formula is C12H15N5. The van der Waals surface area contributed by atoms with Crippen LogP contribution in [-0.4, -0.2) is 21.3 Å². The molecule has 2 heterocycles. The Balaban J connectivity index is 1.86. The first-order valence-electron chi connectivity index (χ1n) is 5.73. The molecule has 0 aliphatic carbocycles. The zero-order chi connectivity index (χ0) is 11.8. The van der Waals surface area contributed by atoms with Crippen LogP contribution in [0.4, 0.5) is 11.9 Å². The van der Waals surface area contributed by atoms with Crippen molar-refractivity contribution < 1.29 is 0 Å². The number of anilines is 2. The van der Waals surface area contributed by atoms with Gasteiger partial charge < -0.3 is 11.1 Å². The Kier molecular flexibility index (Phi) is 2.24. The average Bonchev–Trinajstić information content (AvgIpc) is 2.69. The van der Waals surface area contributed by atoms with Gasteiger partial charge in [-0.25, -0.2) is 4.68 Å². The molecule has 0 radical (unpaired) electrons. The predicted molar refractivity (Wildman–Crippen MR) is 66.8 cm³/mol. The number of fused-ring (bicyclic) bond motifs is 1. The van der Waals surface area contributed by atoms with Gasteiger partial charge in [0.15, 0.2) is 0 Å². The van der Waals surface area contributed by atoms with Crippen LogP contribution in [0.25, 0.3) is 0 Å². The molecule has 17 heavy (non-hydrogen) atoms. The second-order valence-electron chi connectivity index (χ2n) is 4.46. The first-order chi connectivity index (χ1) is 8.22. The summed E-state index contributed by atoms with van der Waals surface area (Å²) >= 11 is 0. The monoisotopic (exact) mass is 229 g/mol. The maximum Gasteiger partial charge on any atom is 0.241 e. The number of rotatable bonds is 1. The maximum absolute atomic E-state index is 5.58. The Morgan fingerprint density at radius 2 is 2.12 bits per heavy atom. The molecule has 1 unspecified atom stereocenters. The Hall–Kier alpha value is -2.04. The lowest BCUT2D eigenvalue weighted by atomic mass is 9.97. The molecule has 1 aromatic carbocycles. The van der Waals surface area contributed by atoms with Crippen molar-refractivity contribution >= 4 is 11.9 Å². The van der Waals surface area contributed by atoms with Crippen LogP contribution in [0.5, 0.6) is 0 Å². The van der Waals surface area contributed by atoms with Gasteiger partial charge in [-0.2, -0.15) is 4.98 Å². The molecule has 5 nitrogen and oxygen atoms in total. The number of hydrogen-bond donors (Lipinski definition) is 2. The van der Waals surface area contributed by atoms with Crippen LogP contribution in [0.2, 0.25) is 0 Å². The summed E-state index contributed by atoms with van der Waals surface area (Å²) in [5.41, 5.74) is 8.18. The summed E-state index contributed by atoms with van der Waals surface area (Å²) < 4.78 is 1.84. The van der Waals surface area contributed by atoms with Gasteiger partial charge in [-0.05, 0) is 12.5 Å². The number of nitrogens with two attached hydrogens (primary N) is 1. The lowest BCUT2D eigenvalue weighted by Gasteiger charge is -2.24. The molecule has 0 spiro atoms. The average molecular weight is 229 g/mol. The lowest BCUT2D eigenvalue weighted by Crippen LogP contribution is -2.26. The van der Waals surface area contributed by atoms with Crippen molar-refractivity contribution in [3.05, 3.63) is 35.4 Å². The van der Waals surface area contributed by atoms with Crippen molar-refractivity contribution in [1.82, 2.24) is 14.8 Å². The van der Waals surface area contributed by atoms with Crippen LogP contribution in [0.1, 0.15) is 17.0 Å². The third-order valence-electron chi connectivity index (χ3n) is 3.14. The molecule has 88 valence electrons. The molecular weight excluding hydrogens is 214 g/mol. The van der Waals surface area contributed by atoms with E-state index in [0.717, 1.165) is 19.0 Å². The van der Waals surface area contributed by atoms with Crippen molar-refractivity contribution in [2.75, 3.05) is 17.6 Å². The third kappa shape index (κ3) is 1.84. The van der Waals surface area contributed by atoms with Gasteiger partial charge in [-0.3, -0.25) is 0 Å². The molecule has 0 saturated heterocycles. The normalized spacial score (nSPS) is 18.5. The van der Waals surface area contributed by atoms with Crippen LogP contribution < -0.4 is 11.1 Å². The summed E-state index contributed by atoms with van der Waals surface area (Å²) in [5, 5.41) is 7.42. The van der Waals surface area contributed by atoms with Gasteiger partial charge >= 0.3 is 0 Å². The highest BCUT2D eigenvalue weighted by molar-refractivity contribution is 5.36. The van der Waals surface area contributed by atoms with Crippen molar-refractivity contribution in [1.29, 1.82) is 0 Å². The zero-order valence-corrected chi connectivity index (χ0v) is 9.72. The molecule has 1 aromatic heterocycles. The van der Waals surface area contributed by atoms with E-state index in [0.29, 0.717) is 11.9 Å². The lowest BCUT2D eigenvalue weighted by molar-refractivity contribution is 0.504. The van der Waals surface area contributed by atoms with E-state index in [2.05, 4.69) is 46.6 Å². The van der Waals surface area contributed by atoms with E-state index in [1.54, 1.807) is 0 Å². The summed E-state index contributed by atoms with van der Waals surface area (Å²) in [4.78, 5) is 4.11. The third-order valence-corrected chi connectivity index (χ3v) is 3.14. The number of nitrogens with zero attached hydrogens (tertiary/aromatic N) is 3. The number of benzene rings is 1. The summed E-state index contributed by atoms with van der Waals surface area (Å²) in [5.74, 6) is 1.52. The smallest absolute Gasteiger partial charge is 0.241 e. The molecule has 0 bridgehead atoms. The van der Waals surface area contributed by atoms with Gasteiger partial charge in [0, 0.05) is 12.5 Å². The summed E-state index contributed by atoms with van der Waals surface area (Å²) in [7, 11) is 0. The summed E-state index contributed by atoms with van der Waals surface area (Å²) in [6.45, 7) is 3.80. The Bertz CT molecular complexity index is 528. The van der Waals surface area contributed by atoms with Crippen LogP contribution in [0.3, 0.4) is 0 Å². The van der Waals surface area contributed by atoms with E-state index in [9.17, 15) is 0 Å². The van der Waals surface area contributed by atoms with Gasteiger partial charge in [0.2, 0.25) is 11.9 Å². The van der Waals surface area contributed by atoms with Gasteiger partial charge in [-0.1, -0.05) is 29.8 Å². The minimum Gasteiger partial charge on any atom is -0.366 e. The minimum atomic E-state index is 0.331. The number of aryl methyl sites for hydroxylation is 1. The van der Waals surface area contributed by atoms with Crippen molar-refractivity contribution in [3.63, 3.8) is 0 Å². The fraction of sp³-hybridized carbons (Fsp3) is 0.333. The van der Waals surface area contributed by atoms with Crippen molar-refractivity contribution in [3.8, 4) is 0 Å². The molecule has 2 aromatic rings. The SMILES string of the molecule is Cc1ccc(C2CNc3nc(N)nn3C2)cc1. The number of aromatic nitrogens is 3. The van der Waals surface area contributed by atoms with Gasteiger partial charge in [0.05, 0.1) is 6.54 Å². The molecule has 1 aliphatic heterocycles. The van der Waals surface area contributed by atoms with Crippen LogP contribution in [-0.2, 0) is 6.54 Å². The maximum atomic E-state index is 5.58. The fourth-order valence-corrected chi connectivity index (χ4v) is 2.17. The van der Waals surface area contributed by atoms with Gasteiger partial charge in [0.1, 0.15) is 0 Å². The number of nitrogens with one attached hydrogen (secondary N) is 1. The Morgan fingerprint density at radius 1 is 1.35 bits per heavy atom. The van der Waals surface area contributed by atoms with Gasteiger partial charge in [0.25, 0.3) is 0 Å². The fourth-order valence-electron chi connectivity index (χ4n) is 2.17. The van der Waals surface area contributed by atoms with Crippen molar-refractivity contribution in [2.24, 2.45) is 0 Å². The van der Waals surface area contributed by atoms with Crippen LogP contribution >= 0.6 is 0 Å². The van der Waals surface area contributed by atoms with E-state index in [4.69, 9.17) is 5.73 Å².